The predicted molar refractivity (Wildman–Crippen MR) is 79.8 cm³/mol. The molecule has 4 nitrogen and oxygen atoms in total. The molecule has 1 rings (SSSR count). The third kappa shape index (κ3) is 4.18. The van der Waals surface area contributed by atoms with Crippen molar-refractivity contribution in [2.75, 3.05) is 21.3 Å². The van der Waals surface area contributed by atoms with Crippen LogP contribution in [-0.4, -0.2) is 21.3 Å². The molecule has 1 aromatic carbocycles. The molecule has 0 unspecified atom stereocenters. The van der Waals surface area contributed by atoms with Crippen LogP contribution >= 0.6 is 12.4 Å². The van der Waals surface area contributed by atoms with Gasteiger partial charge in [-0.3, -0.25) is 0 Å². The molecule has 0 heterocycles. The summed E-state index contributed by atoms with van der Waals surface area (Å²) >= 11 is 0. The van der Waals surface area contributed by atoms with Crippen LogP contribution in [0.2, 0.25) is 0 Å². The van der Waals surface area contributed by atoms with E-state index in [1.807, 2.05) is 12.1 Å². The molecule has 0 aliphatic rings. The van der Waals surface area contributed by atoms with Crippen LogP contribution in [-0.2, 0) is 0 Å². The Morgan fingerprint density at radius 2 is 1.68 bits per heavy atom. The SMILES string of the molecule is CCCC[C@@H](N)c1ccc(OC)c(OC)c1OC.Cl. The molecule has 2 N–H and O–H groups in total. The number of methoxy groups -OCH3 is 3. The van der Waals surface area contributed by atoms with E-state index in [9.17, 15) is 0 Å². The highest BCUT2D eigenvalue weighted by Gasteiger charge is 2.19. The first-order chi connectivity index (χ1) is 8.69. The molecule has 110 valence electrons. The summed E-state index contributed by atoms with van der Waals surface area (Å²) in [6.45, 7) is 2.15. The quantitative estimate of drug-likeness (QED) is 0.836. The van der Waals surface area contributed by atoms with Crippen molar-refractivity contribution < 1.29 is 14.2 Å². The summed E-state index contributed by atoms with van der Waals surface area (Å²) in [5, 5.41) is 0. The Morgan fingerprint density at radius 1 is 1.05 bits per heavy atom. The van der Waals surface area contributed by atoms with Gasteiger partial charge in [-0.25, -0.2) is 0 Å². The number of hydrogen-bond acceptors (Lipinski definition) is 4. The monoisotopic (exact) mass is 289 g/mol. The molecule has 19 heavy (non-hydrogen) atoms. The molecule has 0 saturated heterocycles. The van der Waals surface area contributed by atoms with E-state index in [0.29, 0.717) is 17.2 Å². The first-order valence-corrected chi connectivity index (χ1v) is 6.24. The first-order valence-electron chi connectivity index (χ1n) is 6.24. The Morgan fingerprint density at radius 3 is 2.16 bits per heavy atom. The Hall–Kier alpha value is -1.13. The van der Waals surface area contributed by atoms with Gasteiger partial charge < -0.3 is 19.9 Å². The number of unbranched alkanes of at least 4 members (excludes halogenated alkanes) is 1. The van der Waals surface area contributed by atoms with Gasteiger partial charge in [-0.15, -0.1) is 12.4 Å². The van der Waals surface area contributed by atoms with E-state index in [1.54, 1.807) is 21.3 Å². The summed E-state index contributed by atoms with van der Waals surface area (Å²) in [5.41, 5.74) is 7.16. The van der Waals surface area contributed by atoms with E-state index in [1.165, 1.54) is 0 Å². The van der Waals surface area contributed by atoms with Crippen LogP contribution in [0.4, 0.5) is 0 Å². The molecular formula is C14H24ClNO3. The lowest BCUT2D eigenvalue weighted by atomic mass is 10.0. The zero-order chi connectivity index (χ0) is 13.5. The summed E-state index contributed by atoms with van der Waals surface area (Å²) in [4.78, 5) is 0. The molecule has 0 aliphatic carbocycles. The molecule has 0 fully saturated rings. The molecule has 0 bridgehead atoms. The lowest BCUT2D eigenvalue weighted by Gasteiger charge is -2.19. The molecule has 0 aliphatic heterocycles. The van der Waals surface area contributed by atoms with E-state index in [2.05, 4.69) is 6.92 Å². The fourth-order valence-electron chi connectivity index (χ4n) is 2.00. The zero-order valence-electron chi connectivity index (χ0n) is 12.1. The number of nitrogens with two attached hydrogens (primary N) is 1. The van der Waals surface area contributed by atoms with Gasteiger partial charge in [-0.05, 0) is 18.6 Å². The predicted octanol–water partition coefficient (Wildman–Crippen LogP) is 3.32. The zero-order valence-corrected chi connectivity index (χ0v) is 12.9. The fourth-order valence-corrected chi connectivity index (χ4v) is 2.00. The van der Waals surface area contributed by atoms with Crippen molar-refractivity contribution >= 4 is 12.4 Å². The minimum absolute atomic E-state index is 0. The van der Waals surface area contributed by atoms with E-state index in [4.69, 9.17) is 19.9 Å². The largest absolute Gasteiger partial charge is 0.493 e. The van der Waals surface area contributed by atoms with Gasteiger partial charge in [0.05, 0.1) is 21.3 Å². The maximum atomic E-state index is 6.20. The molecule has 1 aromatic rings. The van der Waals surface area contributed by atoms with Crippen LogP contribution in [0.1, 0.15) is 37.8 Å². The summed E-state index contributed by atoms with van der Waals surface area (Å²) in [6, 6.07) is 3.77. The lowest BCUT2D eigenvalue weighted by Crippen LogP contribution is -2.12. The second-order valence-corrected chi connectivity index (χ2v) is 4.17. The highest BCUT2D eigenvalue weighted by Crippen LogP contribution is 2.42. The highest BCUT2D eigenvalue weighted by molar-refractivity contribution is 5.85. The topological polar surface area (TPSA) is 53.7 Å². The average Bonchev–Trinajstić information content (AvgIpc) is 2.42. The van der Waals surface area contributed by atoms with E-state index in [-0.39, 0.29) is 18.4 Å². The minimum atomic E-state index is -0.0419. The van der Waals surface area contributed by atoms with Crippen LogP contribution < -0.4 is 19.9 Å². The summed E-state index contributed by atoms with van der Waals surface area (Å²) in [5.74, 6) is 1.92. The van der Waals surface area contributed by atoms with Crippen molar-refractivity contribution in [3.8, 4) is 17.2 Å². The summed E-state index contributed by atoms with van der Waals surface area (Å²) in [7, 11) is 4.82. The van der Waals surface area contributed by atoms with Gasteiger partial charge in [0, 0.05) is 11.6 Å². The van der Waals surface area contributed by atoms with Crippen molar-refractivity contribution in [3.63, 3.8) is 0 Å². The van der Waals surface area contributed by atoms with Crippen molar-refractivity contribution in [1.29, 1.82) is 0 Å². The minimum Gasteiger partial charge on any atom is -0.493 e. The van der Waals surface area contributed by atoms with Gasteiger partial charge in [0.2, 0.25) is 5.75 Å². The van der Waals surface area contributed by atoms with Crippen LogP contribution in [0.3, 0.4) is 0 Å². The number of halogens is 1. The lowest BCUT2D eigenvalue weighted by molar-refractivity contribution is 0.320. The first kappa shape index (κ1) is 17.9. The molecule has 0 radical (unpaired) electrons. The molecular weight excluding hydrogens is 266 g/mol. The molecule has 0 spiro atoms. The molecule has 0 aromatic heterocycles. The number of hydrogen-bond donors (Lipinski definition) is 1. The van der Waals surface area contributed by atoms with Gasteiger partial charge >= 0.3 is 0 Å². The fraction of sp³-hybridized carbons (Fsp3) is 0.571. The Bertz CT molecular complexity index is 385. The van der Waals surface area contributed by atoms with Crippen LogP contribution in [0, 0.1) is 0 Å². The summed E-state index contributed by atoms with van der Waals surface area (Å²) < 4.78 is 16.0. The Labute approximate surface area is 121 Å². The number of benzene rings is 1. The highest BCUT2D eigenvalue weighted by atomic mass is 35.5. The van der Waals surface area contributed by atoms with Crippen molar-refractivity contribution in [1.82, 2.24) is 0 Å². The van der Waals surface area contributed by atoms with Gasteiger partial charge in [0.15, 0.2) is 11.5 Å². The molecule has 5 heteroatoms. The Balaban J connectivity index is 0.00000324. The second-order valence-electron chi connectivity index (χ2n) is 4.17. The molecule has 1 atom stereocenters. The second kappa shape index (κ2) is 8.88. The van der Waals surface area contributed by atoms with Crippen LogP contribution in [0.5, 0.6) is 17.2 Å². The standard InChI is InChI=1S/C14H23NO3.ClH/c1-5-6-7-11(15)10-8-9-12(16-2)14(18-4)13(10)17-3;/h8-9,11H,5-7,15H2,1-4H3;1H/t11-;/m1./s1. The van der Waals surface area contributed by atoms with Crippen molar-refractivity contribution in [2.24, 2.45) is 5.73 Å². The van der Waals surface area contributed by atoms with Gasteiger partial charge in [-0.2, -0.15) is 0 Å². The molecule has 0 saturated carbocycles. The Kier molecular flexibility index (Phi) is 8.35. The van der Waals surface area contributed by atoms with Gasteiger partial charge in [0.25, 0.3) is 0 Å². The van der Waals surface area contributed by atoms with Gasteiger partial charge in [0.1, 0.15) is 0 Å². The smallest absolute Gasteiger partial charge is 0.203 e. The summed E-state index contributed by atoms with van der Waals surface area (Å²) in [6.07, 6.45) is 3.16. The normalized spacial score (nSPS) is 11.4. The van der Waals surface area contributed by atoms with Crippen molar-refractivity contribution in [3.05, 3.63) is 17.7 Å². The van der Waals surface area contributed by atoms with Gasteiger partial charge in [-0.1, -0.05) is 19.8 Å². The van der Waals surface area contributed by atoms with Crippen molar-refractivity contribution in [2.45, 2.75) is 32.2 Å². The van der Waals surface area contributed by atoms with E-state index >= 15 is 0 Å². The number of rotatable bonds is 7. The third-order valence-electron chi connectivity index (χ3n) is 3.00. The van der Waals surface area contributed by atoms with E-state index in [0.717, 1.165) is 24.8 Å². The maximum Gasteiger partial charge on any atom is 0.203 e. The number of ether oxygens (including phenoxy) is 3. The van der Waals surface area contributed by atoms with E-state index < -0.39 is 0 Å². The average molecular weight is 290 g/mol. The van der Waals surface area contributed by atoms with Crippen LogP contribution in [0.25, 0.3) is 0 Å². The van der Waals surface area contributed by atoms with Crippen LogP contribution in [0.15, 0.2) is 12.1 Å². The maximum absolute atomic E-state index is 6.20. The third-order valence-corrected chi connectivity index (χ3v) is 3.00. The molecule has 0 amide bonds.